The van der Waals surface area contributed by atoms with E-state index in [0.717, 1.165) is 64.6 Å². The molecule has 2 heteroatoms. The van der Waals surface area contributed by atoms with E-state index in [0.29, 0.717) is 0 Å². The van der Waals surface area contributed by atoms with Gasteiger partial charge < -0.3 is 9.47 Å². The van der Waals surface area contributed by atoms with Gasteiger partial charge >= 0.3 is 0 Å². The number of hydrogen-bond donors (Lipinski definition) is 0. The lowest BCUT2D eigenvalue weighted by Gasteiger charge is -2.37. The van der Waals surface area contributed by atoms with Crippen LogP contribution in [0.25, 0.3) is 0 Å². The molecule has 0 N–H and O–H groups in total. The van der Waals surface area contributed by atoms with Crippen molar-refractivity contribution in [1.82, 2.24) is 0 Å². The van der Waals surface area contributed by atoms with Crippen LogP contribution in [-0.2, 0) is 9.47 Å². The SMILES string of the molecule is CCC=CCCCOC1(OCCCC=CCC)CCCCC1. The Kier molecular flexibility index (Phi) is 11.4. The lowest BCUT2D eigenvalue weighted by Crippen LogP contribution is -2.38. The molecule has 0 bridgehead atoms. The van der Waals surface area contributed by atoms with Crippen LogP contribution in [0.4, 0.5) is 0 Å². The zero-order chi connectivity index (χ0) is 15.9. The molecule has 1 fully saturated rings. The highest BCUT2D eigenvalue weighted by atomic mass is 16.7. The van der Waals surface area contributed by atoms with Gasteiger partial charge in [0.25, 0.3) is 0 Å². The summed E-state index contributed by atoms with van der Waals surface area (Å²) in [6.45, 7) is 5.99. The van der Waals surface area contributed by atoms with Gasteiger partial charge in [-0.15, -0.1) is 0 Å². The van der Waals surface area contributed by atoms with Gasteiger partial charge in [-0.2, -0.15) is 0 Å². The number of ether oxygens (including phenoxy) is 2. The fourth-order valence-corrected chi connectivity index (χ4v) is 2.91. The number of unbranched alkanes of at least 4 members (excludes halogenated alkanes) is 2. The maximum absolute atomic E-state index is 6.20. The predicted octanol–water partition coefficient (Wildman–Crippen LogP) is 6.17. The van der Waals surface area contributed by atoms with Crippen LogP contribution in [0.1, 0.15) is 84.5 Å². The van der Waals surface area contributed by atoms with E-state index in [-0.39, 0.29) is 5.79 Å². The third-order valence-corrected chi connectivity index (χ3v) is 4.18. The van der Waals surface area contributed by atoms with Gasteiger partial charge in [0.05, 0.1) is 13.2 Å². The van der Waals surface area contributed by atoms with Gasteiger partial charge in [-0.3, -0.25) is 0 Å². The molecule has 0 heterocycles. The summed E-state index contributed by atoms with van der Waals surface area (Å²) in [7, 11) is 0. The van der Waals surface area contributed by atoms with Gasteiger partial charge in [0.1, 0.15) is 0 Å². The van der Waals surface area contributed by atoms with Crippen molar-refractivity contribution >= 4 is 0 Å². The lowest BCUT2D eigenvalue weighted by atomic mass is 9.94. The van der Waals surface area contributed by atoms with Gasteiger partial charge in [0, 0.05) is 12.8 Å². The van der Waals surface area contributed by atoms with E-state index in [9.17, 15) is 0 Å². The van der Waals surface area contributed by atoms with E-state index in [1.165, 1.54) is 19.3 Å². The van der Waals surface area contributed by atoms with E-state index < -0.39 is 0 Å². The summed E-state index contributed by atoms with van der Waals surface area (Å²) in [6.07, 6.45) is 21.6. The topological polar surface area (TPSA) is 18.5 Å². The van der Waals surface area contributed by atoms with Crippen molar-refractivity contribution in [3.8, 4) is 0 Å². The molecule has 0 aromatic heterocycles. The smallest absolute Gasteiger partial charge is 0.168 e. The van der Waals surface area contributed by atoms with E-state index in [1.807, 2.05) is 0 Å². The number of hydrogen-bond acceptors (Lipinski definition) is 2. The zero-order valence-electron chi connectivity index (χ0n) is 14.8. The second-order valence-electron chi connectivity index (χ2n) is 6.21. The summed E-state index contributed by atoms with van der Waals surface area (Å²) in [6, 6.07) is 0. The minimum absolute atomic E-state index is 0.277. The minimum atomic E-state index is -0.277. The van der Waals surface area contributed by atoms with E-state index in [2.05, 4.69) is 38.2 Å². The molecule has 1 rings (SSSR count). The summed E-state index contributed by atoms with van der Waals surface area (Å²) in [5, 5.41) is 0. The van der Waals surface area contributed by atoms with Crippen LogP contribution in [0.5, 0.6) is 0 Å². The van der Waals surface area contributed by atoms with Gasteiger partial charge in [-0.25, -0.2) is 0 Å². The molecule has 0 unspecified atom stereocenters. The standard InChI is InChI=1S/C20H36O2/c1-3-5-7-9-14-18-21-20(16-12-11-13-17-20)22-19-15-10-8-6-4-2/h5-8H,3-4,9-19H2,1-2H3. The van der Waals surface area contributed by atoms with Crippen LogP contribution in [0.2, 0.25) is 0 Å². The molecule has 128 valence electrons. The highest BCUT2D eigenvalue weighted by Gasteiger charge is 2.33. The molecule has 0 radical (unpaired) electrons. The number of rotatable bonds is 12. The Labute approximate surface area is 138 Å². The Morgan fingerprint density at radius 3 is 1.68 bits per heavy atom. The Balaban J connectivity index is 2.25. The highest BCUT2D eigenvalue weighted by molar-refractivity contribution is 4.81. The highest BCUT2D eigenvalue weighted by Crippen LogP contribution is 2.33. The fraction of sp³-hybridized carbons (Fsp3) is 0.800. The monoisotopic (exact) mass is 308 g/mol. The van der Waals surface area contributed by atoms with Crippen LogP contribution in [-0.4, -0.2) is 19.0 Å². The molecule has 0 saturated heterocycles. The summed E-state index contributed by atoms with van der Waals surface area (Å²) in [5.74, 6) is -0.277. The molecule has 2 nitrogen and oxygen atoms in total. The summed E-state index contributed by atoms with van der Waals surface area (Å²) >= 11 is 0. The van der Waals surface area contributed by atoms with Crippen LogP contribution >= 0.6 is 0 Å². The normalized spacial score (nSPS) is 18.5. The molecule has 0 spiro atoms. The first-order valence-electron chi connectivity index (χ1n) is 9.41. The minimum Gasteiger partial charge on any atom is -0.350 e. The lowest BCUT2D eigenvalue weighted by molar-refractivity contribution is -0.253. The van der Waals surface area contributed by atoms with Crippen LogP contribution < -0.4 is 0 Å². The molecule has 0 aliphatic heterocycles. The van der Waals surface area contributed by atoms with Crippen LogP contribution in [0.3, 0.4) is 0 Å². The molecular formula is C20H36O2. The molecule has 0 aromatic rings. The quantitative estimate of drug-likeness (QED) is 0.244. The van der Waals surface area contributed by atoms with Gasteiger partial charge in [0.2, 0.25) is 0 Å². The third-order valence-electron chi connectivity index (χ3n) is 4.18. The Bertz CT molecular complexity index is 277. The molecule has 1 aliphatic carbocycles. The van der Waals surface area contributed by atoms with Crippen molar-refractivity contribution in [2.24, 2.45) is 0 Å². The van der Waals surface area contributed by atoms with Crippen LogP contribution in [0.15, 0.2) is 24.3 Å². The molecule has 0 atom stereocenters. The van der Waals surface area contributed by atoms with Crippen molar-refractivity contribution in [2.75, 3.05) is 13.2 Å². The average molecular weight is 309 g/mol. The van der Waals surface area contributed by atoms with E-state index in [1.54, 1.807) is 0 Å². The second kappa shape index (κ2) is 12.9. The predicted molar refractivity (Wildman–Crippen MR) is 95.1 cm³/mol. The van der Waals surface area contributed by atoms with Crippen molar-refractivity contribution < 1.29 is 9.47 Å². The van der Waals surface area contributed by atoms with Gasteiger partial charge in [-0.1, -0.05) is 44.6 Å². The number of allylic oxidation sites excluding steroid dienone is 4. The summed E-state index contributed by atoms with van der Waals surface area (Å²) in [5.41, 5.74) is 0. The molecule has 0 amide bonds. The van der Waals surface area contributed by atoms with Crippen molar-refractivity contribution in [1.29, 1.82) is 0 Å². The van der Waals surface area contributed by atoms with Crippen molar-refractivity contribution in [2.45, 2.75) is 90.3 Å². The Morgan fingerprint density at radius 2 is 1.23 bits per heavy atom. The maximum atomic E-state index is 6.20. The second-order valence-corrected chi connectivity index (χ2v) is 6.21. The van der Waals surface area contributed by atoms with Crippen LogP contribution in [0, 0.1) is 0 Å². The molecular weight excluding hydrogens is 272 g/mol. The van der Waals surface area contributed by atoms with E-state index in [4.69, 9.17) is 9.47 Å². The summed E-state index contributed by atoms with van der Waals surface area (Å²) < 4.78 is 12.4. The Morgan fingerprint density at radius 1 is 0.727 bits per heavy atom. The van der Waals surface area contributed by atoms with Crippen molar-refractivity contribution in [3.63, 3.8) is 0 Å². The maximum Gasteiger partial charge on any atom is 0.168 e. The first-order chi connectivity index (χ1) is 10.8. The zero-order valence-corrected chi connectivity index (χ0v) is 14.8. The molecule has 1 aliphatic rings. The molecule has 0 aromatic carbocycles. The van der Waals surface area contributed by atoms with Gasteiger partial charge in [-0.05, 0) is 51.4 Å². The first-order valence-corrected chi connectivity index (χ1v) is 9.41. The first kappa shape index (κ1) is 19.4. The average Bonchev–Trinajstić information content (AvgIpc) is 2.55. The third kappa shape index (κ3) is 8.75. The largest absolute Gasteiger partial charge is 0.350 e. The fourth-order valence-electron chi connectivity index (χ4n) is 2.91. The Hall–Kier alpha value is -0.600. The molecule has 1 saturated carbocycles. The van der Waals surface area contributed by atoms with Crippen molar-refractivity contribution in [3.05, 3.63) is 24.3 Å². The van der Waals surface area contributed by atoms with Gasteiger partial charge in [0.15, 0.2) is 5.79 Å². The van der Waals surface area contributed by atoms with E-state index >= 15 is 0 Å². The summed E-state index contributed by atoms with van der Waals surface area (Å²) in [4.78, 5) is 0. The molecule has 22 heavy (non-hydrogen) atoms.